The van der Waals surface area contributed by atoms with Gasteiger partial charge in [0.1, 0.15) is 5.75 Å². The van der Waals surface area contributed by atoms with Gasteiger partial charge < -0.3 is 14.8 Å². The van der Waals surface area contributed by atoms with Gasteiger partial charge in [0.2, 0.25) is 0 Å². The normalized spacial score (nSPS) is 9.38. The maximum Gasteiger partial charge on any atom is 0.396 e. The van der Waals surface area contributed by atoms with Gasteiger partial charge in [0.05, 0.1) is 13.7 Å². The van der Waals surface area contributed by atoms with Crippen LogP contribution in [0.4, 0.5) is 5.69 Å². The summed E-state index contributed by atoms with van der Waals surface area (Å²) < 4.78 is 9.53. The Bertz CT molecular complexity index is 389. The van der Waals surface area contributed by atoms with Gasteiger partial charge in [0.15, 0.2) is 0 Å². The zero-order chi connectivity index (χ0) is 12.0. The van der Waals surface area contributed by atoms with Crippen molar-refractivity contribution in [3.63, 3.8) is 0 Å². The largest absolute Gasteiger partial charge is 0.494 e. The van der Waals surface area contributed by atoms with Crippen molar-refractivity contribution in [2.45, 2.75) is 6.92 Å². The number of hydrogen-bond donors (Lipinski definition) is 1. The van der Waals surface area contributed by atoms with Gasteiger partial charge in [-0.05, 0) is 19.1 Å². The third-order valence-corrected chi connectivity index (χ3v) is 1.77. The number of carbonyl (C=O) groups excluding carboxylic acids is 2. The quantitative estimate of drug-likeness (QED) is 0.617. The number of benzene rings is 1. The van der Waals surface area contributed by atoms with Crippen molar-refractivity contribution in [2.75, 3.05) is 19.0 Å². The Morgan fingerprint density at radius 2 is 2.12 bits per heavy atom. The van der Waals surface area contributed by atoms with E-state index >= 15 is 0 Å². The minimum absolute atomic E-state index is 0.487. The minimum Gasteiger partial charge on any atom is -0.494 e. The van der Waals surface area contributed by atoms with E-state index in [4.69, 9.17) is 4.74 Å². The summed E-state index contributed by atoms with van der Waals surface area (Å²) in [5, 5.41) is 2.40. The number of nitrogens with one attached hydrogen (secondary N) is 1. The molecule has 0 bridgehead atoms. The monoisotopic (exact) mass is 223 g/mol. The van der Waals surface area contributed by atoms with E-state index in [2.05, 4.69) is 10.1 Å². The molecular formula is C11H13NO4. The molecule has 16 heavy (non-hydrogen) atoms. The molecule has 1 amide bonds. The van der Waals surface area contributed by atoms with E-state index < -0.39 is 11.9 Å². The molecular weight excluding hydrogens is 210 g/mol. The van der Waals surface area contributed by atoms with Gasteiger partial charge in [0.25, 0.3) is 0 Å². The summed E-state index contributed by atoms with van der Waals surface area (Å²) in [5.74, 6) is -1.11. The van der Waals surface area contributed by atoms with Crippen LogP contribution in [-0.2, 0) is 14.3 Å². The Hall–Kier alpha value is -2.04. The molecule has 0 heterocycles. The van der Waals surface area contributed by atoms with Crippen LogP contribution < -0.4 is 10.1 Å². The van der Waals surface area contributed by atoms with E-state index in [0.717, 1.165) is 7.11 Å². The molecule has 0 aliphatic rings. The van der Waals surface area contributed by atoms with Gasteiger partial charge in [-0.25, -0.2) is 4.79 Å². The molecule has 0 aromatic heterocycles. The van der Waals surface area contributed by atoms with Crippen LogP contribution in [0.15, 0.2) is 24.3 Å². The van der Waals surface area contributed by atoms with Crippen LogP contribution in [0, 0.1) is 0 Å². The van der Waals surface area contributed by atoms with Gasteiger partial charge >= 0.3 is 11.9 Å². The first kappa shape index (κ1) is 12.0. The highest BCUT2D eigenvalue weighted by atomic mass is 16.5. The fourth-order valence-electron chi connectivity index (χ4n) is 1.11. The van der Waals surface area contributed by atoms with Gasteiger partial charge in [-0.3, -0.25) is 4.79 Å². The zero-order valence-electron chi connectivity index (χ0n) is 9.15. The second-order valence-electron chi connectivity index (χ2n) is 2.91. The van der Waals surface area contributed by atoms with Crippen molar-refractivity contribution < 1.29 is 19.1 Å². The van der Waals surface area contributed by atoms with Crippen molar-refractivity contribution in [2.24, 2.45) is 0 Å². The number of methoxy groups -OCH3 is 1. The smallest absolute Gasteiger partial charge is 0.396 e. The predicted octanol–water partition coefficient (Wildman–Crippen LogP) is 1.20. The second-order valence-corrected chi connectivity index (χ2v) is 2.91. The highest BCUT2D eigenvalue weighted by Gasteiger charge is 2.13. The van der Waals surface area contributed by atoms with Crippen molar-refractivity contribution in [3.05, 3.63) is 24.3 Å². The molecule has 5 nitrogen and oxygen atoms in total. The molecule has 1 rings (SSSR count). The van der Waals surface area contributed by atoms with E-state index in [-0.39, 0.29) is 0 Å². The summed E-state index contributed by atoms with van der Waals surface area (Å²) in [6.45, 7) is 2.40. The Kier molecular flexibility index (Phi) is 4.32. The number of carbonyl (C=O) groups is 2. The summed E-state index contributed by atoms with van der Waals surface area (Å²) in [5.41, 5.74) is 0.487. The van der Waals surface area contributed by atoms with Crippen LogP contribution in [0.25, 0.3) is 0 Å². The molecule has 5 heteroatoms. The van der Waals surface area contributed by atoms with Crippen molar-refractivity contribution in [3.8, 4) is 5.75 Å². The lowest BCUT2D eigenvalue weighted by molar-refractivity contribution is -0.150. The van der Waals surface area contributed by atoms with Crippen LogP contribution in [-0.4, -0.2) is 25.6 Å². The molecule has 0 spiro atoms. The third-order valence-electron chi connectivity index (χ3n) is 1.77. The molecule has 0 fully saturated rings. The SMILES string of the molecule is CCOc1cccc(NC(=O)C(=O)OC)c1. The van der Waals surface area contributed by atoms with Crippen LogP contribution in [0.3, 0.4) is 0 Å². The van der Waals surface area contributed by atoms with Crippen LogP contribution in [0.5, 0.6) is 5.75 Å². The zero-order valence-corrected chi connectivity index (χ0v) is 9.15. The molecule has 0 aliphatic heterocycles. The summed E-state index contributed by atoms with van der Waals surface area (Å²) >= 11 is 0. The van der Waals surface area contributed by atoms with Gasteiger partial charge in [-0.15, -0.1) is 0 Å². The molecule has 1 N–H and O–H groups in total. The molecule has 1 aromatic rings. The van der Waals surface area contributed by atoms with Crippen LogP contribution >= 0.6 is 0 Å². The lowest BCUT2D eigenvalue weighted by Gasteiger charge is -2.06. The summed E-state index contributed by atoms with van der Waals surface area (Å²) in [7, 11) is 1.15. The molecule has 0 radical (unpaired) electrons. The summed E-state index contributed by atoms with van der Waals surface area (Å²) in [6, 6.07) is 6.77. The molecule has 0 unspecified atom stereocenters. The molecule has 0 saturated heterocycles. The van der Waals surface area contributed by atoms with E-state index in [9.17, 15) is 9.59 Å². The Balaban J connectivity index is 2.70. The lowest BCUT2D eigenvalue weighted by Crippen LogP contribution is -2.23. The molecule has 0 aliphatic carbocycles. The third kappa shape index (κ3) is 3.27. The van der Waals surface area contributed by atoms with E-state index in [1.54, 1.807) is 24.3 Å². The van der Waals surface area contributed by atoms with Gasteiger partial charge in [-0.1, -0.05) is 6.07 Å². The van der Waals surface area contributed by atoms with E-state index in [0.29, 0.717) is 18.0 Å². The average molecular weight is 223 g/mol. The Morgan fingerprint density at radius 1 is 1.38 bits per heavy atom. The first-order valence-corrected chi connectivity index (χ1v) is 4.79. The predicted molar refractivity (Wildman–Crippen MR) is 58.3 cm³/mol. The second kappa shape index (κ2) is 5.75. The maximum atomic E-state index is 11.2. The summed E-state index contributed by atoms with van der Waals surface area (Å²) in [6.07, 6.45) is 0. The van der Waals surface area contributed by atoms with Crippen molar-refractivity contribution in [1.29, 1.82) is 0 Å². The number of amides is 1. The standard InChI is InChI=1S/C11H13NO4/c1-3-16-9-6-4-5-8(7-9)12-10(13)11(14)15-2/h4-7H,3H2,1-2H3,(H,12,13). The molecule has 1 aromatic carbocycles. The highest BCUT2D eigenvalue weighted by molar-refractivity contribution is 6.37. The fraction of sp³-hybridized carbons (Fsp3) is 0.273. The average Bonchev–Trinajstić information content (AvgIpc) is 2.29. The van der Waals surface area contributed by atoms with E-state index in [1.165, 1.54) is 0 Å². The topological polar surface area (TPSA) is 64.6 Å². The fourth-order valence-corrected chi connectivity index (χ4v) is 1.11. The van der Waals surface area contributed by atoms with Crippen LogP contribution in [0.1, 0.15) is 6.92 Å². The number of rotatable bonds is 3. The Morgan fingerprint density at radius 3 is 2.75 bits per heavy atom. The Labute approximate surface area is 93.4 Å². The first-order valence-electron chi connectivity index (χ1n) is 4.79. The number of anilines is 1. The van der Waals surface area contributed by atoms with Crippen molar-refractivity contribution in [1.82, 2.24) is 0 Å². The first-order chi connectivity index (χ1) is 7.67. The molecule has 0 saturated carbocycles. The highest BCUT2D eigenvalue weighted by Crippen LogP contribution is 2.17. The number of hydrogen-bond acceptors (Lipinski definition) is 4. The number of ether oxygens (including phenoxy) is 2. The van der Waals surface area contributed by atoms with Gasteiger partial charge in [0, 0.05) is 11.8 Å². The van der Waals surface area contributed by atoms with E-state index in [1.807, 2.05) is 6.92 Å². The molecule has 0 atom stereocenters. The minimum atomic E-state index is -0.929. The number of esters is 1. The molecule has 86 valence electrons. The summed E-state index contributed by atoms with van der Waals surface area (Å²) in [4.78, 5) is 22.0. The lowest BCUT2D eigenvalue weighted by atomic mass is 10.3. The van der Waals surface area contributed by atoms with Crippen LogP contribution in [0.2, 0.25) is 0 Å². The maximum absolute atomic E-state index is 11.2. The van der Waals surface area contributed by atoms with Crippen molar-refractivity contribution >= 4 is 17.6 Å². The van der Waals surface area contributed by atoms with Gasteiger partial charge in [-0.2, -0.15) is 0 Å².